The van der Waals surface area contributed by atoms with Crippen LogP contribution in [0.5, 0.6) is 0 Å². The monoisotopic (exact) mass is 200 g/mol. The minimum absolute atomic E-state index is 0.198. The second-order valence-corrected chi connectivity index (χ2v) is 2.61. The van der Waals surface area contributed by atoms with Crippen molar-refractivity contribution in [3.05, 3.63) is 33.4 Å². The topological polar surface area (TPSA) is 42.3 Å². The van der Waals surface area contributed by atoms with Gasteiger partial charge in [0.05, 0.1) is 0 Å². The lowest BCUT2D eigenvalue weighted by Gasteiger charge is -1.94. The maximum Gasteiger partial charge on any atom is 0.107 e. The lowest BCUT2D eigenvalue weighted by Crippen LogP contribution is -1.82. The van der Waals surface area contributed by atoms with E-state index >= 15 is 0 Å². The number of nitrogens with zero attached hydrogens (tertiary/aromatic N) is 2. The molecule has 0 N–H and O–H groups in total. The Labute approximate surface area is 66.6 Å². The molecule has 1 aromatic heterocycles. The molecular formula is C6H5BrN2O. The molecule has 0 aromatic carbocycles. The van der Waals surface area contributed by atoms with Gasteiger partial charge in [0.2, 0.25) is 0 Å². The van der Waals surface area contributed by atoms with Crippen LogP contribution in [0.1, 0.15) is 5.56 Å². The van der Waals surface area contributed by atoms with Crippen molar-refractivity contribution >= 4 is 15.9 Å². The summed E-state index contributed by atoms with van der Waals surface area (Å²) < 4.78 is 0.828. The molecule has 1 rings (SSSR count). The molecular weight excluding hydrogens is 196 g/mol. The van der Waals surface area contributed by atoms with Crippen LogP contribution in [-0.2, 0) is 6.54 Å². The third-order valence-corrected chi connectivity index (χ3v) is 1.81. The van der Waals surface area contributed by atoms with Gasteiger partial charge in [0.1, 0.15) is 6.54 Å². The van der Waals surface area contributed by atoms with Gasteiger partial charge in [-0.1, -0.05) is 5.18 Å². The minimum atomic E-state index is 0.198. The highest BCUT2D eigenvalue weighted by molar-refractivity contribution is 9.10. The van der Waals surface area contributed by atoms with E-state index in [9.17, 15) is 4.91 Å². The molecule has 1 heterocycles. The largest absolute Gasteiger partial charge is 0.264 e. The Morgan fingerprint density at radius 1 is 1.70 bits per heavy atom. The van der Waals surface area contributed by atoms with E-state index in [0.717, 1.165) is 10.0 Å². The van der Waals surface area contributed by atoms with Gasteiger partial charge < -0.3 is 0 Å². The summed E-state index contributed by atoms with van der Waals surface area (Å²) in [4.78, 5) is 13.7. The van der Waals surface area contributed by atoms with Crippen LogP contribution in [0.25, 0.3) is 0 Å². The van der Waals surface area contributed by atoms with Gasteiger partial charge in [0.15, 0.2) is 0 Å². The highest BCUT2D eigenvalue weighted by Crippen LogP contribution is 2.14. The Hall–Kier alpha value is -0.770. The zero-order chi connectivity index (χ0) is 7.40. The van der Waals surface area contributed by atoms with Crippen molar-refractivity contribution in [3.63, 3.8) is 0 Å². The third-order valence-electron chi connectivity index (χ3n) is 1.09. The third kappa shape index (κ3) is 1.60. The van der Waals surface area contributed by atoms with Gasteiger partial charge in [-0.15, -0.1) is 0 Å². The molecule has 1 aromatic rings. The van der Waals surface area contributed by atoms with Gasteiger partial charge in [0.25, 0.3) is 0 Å². The standard InChI is InChI=1S/C6H5BrN2O/c7-6-4-8-2-1-5(6)3-9-10/h1-2,4H,3H2. The average molecular weight is 201 g/mol. The van der Waals surface area contributed by atoms with Crippen LogP contribution in [0.3, 0.4) is 0 Å². The van der Waals surface area contributed by atoms with Crippen LogP contribution in [0.2, 0.25) is 0 Å². The van der Waals surface area contributed by atoms with E-state index < -0.39 is 0 Å². The highest BCUT2D eigenvalue weighted by Gasteiger charge is 1.96. The van der Waals surface area contributed by atoms with E-state index in [-0.39, 0.29) is 6.54 Å². The van der Waals surface area contributed by atoms with Gasteiger partial charge in [-0.3, -0.25) is 4.98 Å². The van der Waals surface area contributed by atoms with E-state index in [4.69, 9.17) is 0 Å². The van der Waals surface area contributed by atoms with Crippen LogP contribution in [-0.4, -0.2) is 4.98 Å². The summed E-state index contributed by atoms with van der Waals surface area (Å²) in [5.41, 5.74) is 0.866. The number of hydrogen-bond donors (Lipinski definition) is 0. The molecule has 52 valence electrons. The molecule has 0 unspecified atom stereocenters. The zero-order valence-corrected chi connectivity index (χ0v) is 6.71. The molecule has 0 saturated carbocycles. The number of aromatic nitrogens is 1. The highest BCUT2D eigenvalue weighted by atomic mass is 79.9. The molecule has 0 atom stereocenters. The summed E-state index contributed by atoms with van der Waals surface area (Å²) in [7, 11) is 0. The SMILES string of the molecule is O=NCc1ccncc1Br. The fourth-order valence-electron chi connectivity index (χ4n) is 0.602. The Morgan fingerprint density at radius 3 is 3.10 bits per heavy atom. The Balaban J connectivity index is 2.91. The predicted octanol–water partition coefficient (Wildman–Crippen LogP) is 2.11. The first-order valence-corrected chi connectivity index (χ1v) is 3.51. The van der Waals surface area contributed by atoms with E-state index in [0.29, 0.717) is 0 Å². The summed E-state index contributed by atoms with van der Waals surface area (Å²) in [5, 5.41) is 2.76. The van der Waals surface area contributed by atoms with Crippen LogP contribution in [0, 0.1) is 4.91 Å². The van der Waals surface area contributed by atoms with Gasteiger partial charge in [-0.2, -0.15) is 4.91 Å². The zero-order valence-electron chi connectivity index (χ0n) is 5.12. The van der Waals surface area contributed by atoms with Crippen LogP contribution in [0.15, 0.2) is 28.1 Å². The molecule has 0 bridgehead atoms. The van der Waals surface area contributed by atoms with Crippen molar-refractivity contribution < 1.29 is 0 Å². The summed E-state index contributed by atoms with van der Waals surface area (Å²) in [5.74, 6) is 0. The molecule has 0 radical (unpaired) electrons. The molecule has 3 nitrogen and oxygen atoms in total. The number of rotatable bonds is 2. The normalized spacial score (nSPS) is 9.30. The molecule has 0 amide bonds. The fraction of sp³-hybridized carbons (Fsp3) is 0.167. The quantitative estimate of drug-likeness (QED) is 0.687. The Morgan fingerprint density at radius 2 is 2.50 bits per heavy atom. The fourth-order valence-corrected chi connectivity index (χ4v) is 0.978. The van der Waals surface area contributed by atoms with Gasteiger partial charge in [0, 0.05) is 16.9 Å². The van der Waals surface area contributed by atoms with Crippen molar-refractivity contribution in [3.8, 4) is 0 Å². The Bertz CT molecular complexity index is 239. The molecule has 4 heteroatoms. The van der Waals surface area contributed by atoms with E-state index in [2.05, 4.69) is 26.1 Å². The summed E-state index contributed by atoms with van der Waals surface area (Å²) in [6, 6.07) is 1.76. The van der Waals surface area contributed by atoms with E-state index in [1.54, 1.807) is 18.5 Å². The molecule has 0 aliphatic carbocycles. The smallest absolute Gasteiger partial charge is 0.107 e. The summed E-state index contributed by atoms with van der Waals surface area (Å²) >= 11 is 3.24. The number of pyridine rings is 1. The second kappa shape index (κ2) is 3.41. The van der Waals surface area contributed by atoms with Crippen molar-refractivity contribution in [2.75, 3.05) is 0 Å². The Kier molecular flexibility index (Phi) is 2.50. The first-order chi connectivity index (χ1) is 4.84. The first kappa shape index (κ1) is 7.34. The molecule has 0 fully saturated rings. The molecule has 10 heavy (non-hydrogen) atoms. The van der Waals surface area contributed by atoms with Gasteiger partial charge in [-0.05, 0) is 27.6 Å². The van der Waals surface area contributed by atoms with Gasteiger partial charge in [-0.25, -0.2) is 0 Å². The van der Waals surface area contributed by atoms with Gasteiger partial charge >= 0.3 is 0 Å². The van der Waals surface area contributed by atoms with Crippen LogP contribution in [0.4, 0.5) is 0 Å². The number of nitroso groups, excluding NO2 is 1. The van der Waals surface area contributed by atoms with Crippen molar-refractivity contribution in [2.45, 2.75) is 6.54 Å². The molecule has 0 spiro atoms. The lowest BCUT2D eigenvalue weighted by molar-refractivity contribution is 1.03. The van der Waals surface area contributed by atoms with Crippen molar-refractivity contribution in [1.29, 1.82) is 0 Å². The maximum atomic E-state index is 9.84. The molecule has 0 saturated heterocycles. The lowest BCUT2D eigenvalue weighted by atomic mass is 10.3. The number of hydrogen-bond acceptors (Lipinski definition) is 3. The predicted molar refractivity (Wildman–Crippen MR) is 41.4 cm³/mol. The van der Waals surface area contributed by atoms with E-state index in [1.165, 1.54) is 0 Å². The maximum absolute atomic E-state index is 9.84. The van der Waals surface area contributed by atoms with Crippen LogP contribution < -0.4 is 0 Å². The summed E-state index contributed by atoms with van der Waals surface area (Å²) in [6.45, 7) is 0.198. The van der Waals surface area contributed by atoms with Crippen molar-refractivity contribution in [1.82, 2.24) is 4.98 Å². The molecule has 0 aliphatic rings. The van der Waals surface area contributed by atoms with Crippen LogP contribution >= 0.6 is 15.9 Å². The second-order valence-electron chi connectivity index (χ2n) is 1.75. The summed E-state index contributed by atoms with van der Waals surface area (Å²) in [6.07, 6.45) is 3.27. The molecule has 0 aliphatic heterocycles. The van der Waals surface area contributed by atoms with Crippen molar-refractivity contribution in [2.24, 2.45) is 5.18 Å². The minimum Gasteiger partial charge on any atom is -0.264 e. The number of halogens is 1. The first-order valence-electron chi connectivity index (χ1n) is 2.72. The van der Waals surface area contributed by atoms with E-state index in [1.807, 2.05) is 0 Å². The average Bonchev–Trinajstić information content (AvgIpc) is 1.94.